The number of benzene rings is 1. The van der Waals surface area contributed by atoms with E-state index >= 15 is 0 Å². The van der Waals surface area contributed by atoms with Crippen molar-refractivity contribution in [2.75, 3.05) is 5.32 Å². The number of carbonyl (C=O) groups excluding carboxylic acids is 1. The Morgan fingerprint density at radius 3 is 2.54 bits per heavy atom. The second kappa shape index (κ2) is 8.39. The fourth-order valence-corrected chi connectivity index (χ4v) is 5.27. The molecule has 4 rings (SSSR count). The quantitative estimate of drug-likeness (QED) is 0.689. The Labute approximate surface area is 162 Å². The van der Waals surface area contributed by atoms with E-state index in [1.165, 1.54) is 43.9 Å². The fraction of sp³-hybridized carbons (Fsp3) is 0.526. The number of aromatic nitrogens is 2. The third-order valence-electron chi connectivity index (χ3n) is 4.82. The number of anilines is 1. The molecule has 7 heteroatoms. The van der Waals surface area contributed by atoms with Gasteiger partial charge in [-0.05, 0) is 31.2 Å². The number of hydrogen-bond donors (Lipinski definition) is 2. The number of rotatable bonds is 7. The van der Waals surface area contributed by atoms with E-state index in [0.717, 1.165) is 27.9 Å². The first-order valence-electron chi connectivity index (χ1n) is 9.40. The lowest BCUT2D eigenvalue weighted by molar-refractivity contribution is -0.120. The summed E-state index contributed by atoms with van der Waals surface area (Å²) < 4.78 is 0.836. The van der Waals surface area contributed by atoms with Crippen LogP contribution in [-0.2, 0) is 4.79 Å². The van der Waals surface area contributed by atoms with Gasteiger partial charge in [0.05, 0.1) is 0 Å². The van der Waals surface area contributed by atoms with Gasteiger partial charge >= 0.3 is 0 Å². The molecule has 1 aromatic carbocycles. The van der Waals surface area contributed by atoms with Crippen LogP contribution in [0.2, 0.25) is 0 Å². The van der Waals surface area contributed by atoms with Gasteiger partial charge in [0, 0.05) is 12.1 Å². The predicted molar refractivity (Wildman–Crippen MR) is 107 cm³/mol. The van der Waals surface area contributed by atoms with E-state index in [4.69, 9.17) is 0 Å². The van der Waals surface area contributed by atoms with Crippen LogP contribution in [-0.4, -0.2) is 28.2 Å². The summed E-state index contributed by atoms with van der Waals surface area (Å²) in [5.74, 6) is 0.0701. The summed E-state index contributed by atoms with van der Waals surface area (Å²) in [4.78, 5) is 12.7. The third kappa shape index (κ3) is 4.76. The van der Waals surface area contributed by atoms with Crippen LogP contribution < -0.4 is 10.6 Å². The molecule has 2 N–H and O–H groups in total. The molecule has 0 spiro atoms. The highest BCUT2D eigenvalue weighted by molar-refractivity contribution is 8.01. The van der Waals surface area contributed by atoms with E-state index in [1.807, 2.05) is 30.3 Å². The molecule has 0 aliphatic heterocycles. The van der Waals surface area contributed by atoms with Crippen molar-refractivity contribution in [2.24, 2.45) is 0 Å². The molecule has 1 heterocycles. The zero-order chi connectivity index (χ0) is 17.8. The van der Waals surface area contributed by atoms with Gasteiger partial charge < -0.3 is 10.6 Å². The lowest BCUT2D eigenvalue weighted by atomic mass is 9.96. The molecular weight excluding hydrogens is 364 g/mol. The van der Waals surface area contributed by atoms with Gasteiger partial charge in [0.1, 0.15) is 5.25 Å². The SMILES string of the molecule is O=C(NC1CC1)[C@@H](Sc1nnc(NC2CCCCC2)s1)c1ccccc1. The van der Waals surface area contributed by atoms with E-state index in [2.05, 4.69) is 20.8 Å². The molecule has 2 saturated carbocycles. The molecular formula is C19H24N4OS2. The van der Waals surface area contributed by atoms with Crippen molar-refractivity contribution in [3.8, 4) is 0 Å². The number of nitrogens with one attached hydrogen (secondary N) is 2. The molecule has 138 valence electrons. The Balaban J connectivity index is 1.44. The van der Waals surface area contributed by atoms with Gasteiger partial charge in [-0.15, -0.1) is 10.2 Å². The van der Waals surface area contributed by atoms with Gasteiger partial charge in [-0.1, -0.05) is 72.7 Å². The van der Waals surface area contributed by atoms with E-state index in [-0.39, 0.29) is 11.2 Å². The lowest BCUT2D eigenvalue weighted by Crippen LogP contribution is -2.29. The van der Waals surface area contributed by atoms with E-state index < -0.39 is 0 Å². The number of nitrogens with zero attached hydrogens (tertiary/aromatic N) is 2. The van der Waals surface area contributed by atoms with Crippen molar-refractivity contribution in [2.45, 2.75) is 66.6 Å². The van der Waals surface area contributed by atoms with Crippen LogP contribution in [0, 0.1) is 0 Å². The van der Waals surface area contributed by atoms with Crippen LogP contribution >= 0.6 is 23.1 Å². The Bertz CT molecular complexity index is 726. The molecule has 2 aromatic rings. The zero-order valence-corrected chi connectivity index (χ0v) is 16.3. The minimum atomic E-state index is -0.285. The molecule has 2 aliphatic carbocycles. The van der Waals surface area contributed by atoms with Crippen molar-refractivity contribution in [3.05, 3.63) is 35.9 Å². The summed E-state index contributed by atoms with van der Waals surface area (Å²) in [6, 6.07) is 10.8. The smallest absolute Gasteiger partial charge is 0.238 e. The predicted octanol–water partition coefficient (Wildman–Crippen LogP) is 4.39. The van der Waals surface area contributed by atoms with Gasteiger partial charge in [-0.25, -0.2) is 0 Å². The summed E-state index contributed by atoms with van der Waals surface area (Å²) in [5, 5.41) is 15.8. The van der Waals surface area contributed by atoms with Crippen molar-refractivity contribution in [3.63, 3.8) is 0 Å². The highest BCUT2D eigenvalue weighted by Gasteiger charge is 2.30. The van der Waals surface area contributed by atoms with Crippen LogP contribution in [0.25, 0.3) is 0 Å². The average Bonchev–Trinajstić information content (AvgIpc) is 3.38. The first-order chi connectivity index (χ1) is 12.8. The fourth-order valence-electron chi connectivity index (χ4n) is 3.24. The van der Waals surface area contributed by atoms with Gasteiger partial charge in [-0.3, -0.25) is 4.79 Å². The van der Waals surface area contributed by atoms with Gasteiger partial charge in [0.2, 0.25) is 11.0 Å². The first-order valence-corrected chi connectivity index (χ1v) is 11.1. The zero-order valence-electron chi connectivity index (χ0n) is 14.7. The maximum Gasteiger partial charge on any atom is 0.238 e. The summed E-state index contributed by atoms with van der Waals surface area (Å²) in [5.41, 5.74) is 1.01. The Hall–Kier alpha value is -1.60. The molecule has 2 aliphatic rings. The molecule has 1 atom stereocenters. The number of hydrogen-bond acceptors (Lipinski definition) is 6. The minimum absolute atomic E-state index is 0.0701. The second-order valence-electron chi connectivity index (χ2n) is 7.04. The molecule has 1 amide bonds. The standard InChI is InChI=1S/C19H24N4OS2/c24-17(20-15-11-12-15)16(13-7-3-1-4-8-13)25-19-23-22-18(26-19)21-14-9-5-2-6-10-14/h1,3-4,7-8,14-16H,2,5-6,9-12H2,(H,20,24)(H,21,22)/t16-/m0/s1. The third-order valence-corrected chi connectivity index (χ3v) is 7.02. The molecule has 1 aromatic heterocycles. The van der Waals surface area contributed by atoms with Crippen LogP contribution in [0.1, 0.15) is 55.8 Å². The van der Waals surface area contributed by atoms with Gasteiger partial charge in [0.15, 0.2) is 4.34 Å². The van der Waals surface area contributed by atoms with Gasteiger partial charge in [-0.2, -0.15) is 0 Å². The largest absolute Gasteiger partial charge is 0.357 e. The first kappa shape index (κ1) is 17.8. The highest BCUT2D eigenvalue weighted by Crippen LogP contribution is 2.39. The monoisotopic (exact) mass is 388 g/mol. The second-order valence-corrected chi connectivity index (χ2v) is 9.37. The minimum Gasteiger partial charge on any atom is -0.357 e. The van der Waals surface area contributed by atoms with Crippen molar-refractivity contribution in [1.29, 1.82) is 0 Å². The summed E-state index contributed by atoms with van der Waals surface area (Å²) in [6.45, 7) is 0. The highest BCUT2D eigenvalue weighted by atomic mass is 32.2. The van der Waals surface area contributed by atoms with Crippen LogP contribution in [0.5, 0.6) is 0 Å². The maximum atomic E-state index is 12.7. The molecule has 0 radical (unpaired) electrons. The van der Waals surface area contributed by atoms with Crippen LogP contribution in [0.3, 0.4) is 0 Å². The summed E-state index contributed by atoms with van der Waals surface area (Å²) in [6.07, 6.45) is 8.50. The normalized spacial score (nSPS) is 19.1. The molecule has 2 fully saturated rings. The maximum absolute atomic E-state index is 12.7. The summed E-state index contributed by atoms with van der Waals surface area (Å²) >= 11 is 3.05. The van der Waals surface area contributed by atoms with Crippen molar-refractivity contribution < 1.29 is 4.79 Å². The molecule has 26 heavy (non-hydrogen) atoms. The number of thioether (sulfide) groups is 1. The van der Waals surface area contributed by atoms with E-state index in [1.54, 1.807) is 11.3 Å². The molecule has 5 nitrogen and oxygen atoms in total. The van der Waals surface area contributed by atoms with Crippen molar-refractivity contribution >= 4 is 34.1 Å². The summed E-state index contributed by atoms with van der Waals surface area (Å²) in [7, 11) is 0. The average molecular weight is 389 g/mol. The molecule has 0 unspecified atom stereocenters. The Kier molecular flexibility index (Phi) is 5.75. The van der Waals surface area contributed by atoms with E-state index in [9.17, 15) is 4.79 Å². The van der Waals surface area contributed by atoms with Gasteiger partial charge in [0.25, 0.3) is 0 Å². The topological polar surface area (TPSA) is 66.9 Å². The Morgan fingerprint density at radius 1 is 1.04 bits per heavy atom. The van der Waals surface area contributed by atoms with Crippen LogP contribution in [0.4, 0.5) is 5.13 Å². The molecule has 0 saturated heterocycles. The van der Waals surface area contributed by atoms with Crippen molar-refractivity contribution in [1.82, 2.24) is 15.5 Å². The number of amides is 1. The number of carbonyl (C=O) groups is 1. The van der Waals surface area contributed by atoms with Crippen LogP contribution in [0.15, 0.2) is 34.7 Å². The Morgan fingerprint density at radius 2 is 1.81 bits per heavy atom. The lowest BCUT2D eigenvalue weighted by Gasteiger charge is -2.21. The molecule has 0 bridgehead atoms. The van der Waals surface area contributed by atoms with E-state index in [0.29, 0.717) is 12.1 Å².